The van der Waals surface area contributed by atoms with Gasteiger partial charge in [-0.05, 0) is 50.2 Å². The fourth-order valence-electron chi connectivity index (χ4n) is 3.14. The molecule has 0 radical (unpaired) electrons. The molecule has 0 aromatic heterocycles. The van der Waals surface area contributed by atoms with Crippen LogP contribution in [-0.2, 0) is 0 Å². The third-order valence-electron chi connectivity index (χ3n) is 3.88. The van der Waals surface area contributed by atoms with Crippen LogP contribution in [0.1, 0.15) is 50.4 Å². The minimum absolute atomic E-state index is 0.0232. The molecule has 20 heavy (non-hydrogen) atoms. The highest BCUT2D eigenvalue weighted by molar-refractivity contribution is 9.10. The van der Waals surface area contributed by atoms with Gasteiger partial charge in [0, 0.05) is 4.47 Å². The second-order valence-electron chi connectivity index (χ2n) is 6.09. The lowest BCUT2D eigenvalue weighted by Crippen LogP contribution is -2.29. The SMILES string of the molecule is CC(=O)c1cc(Br)cc(N)c1OC1CC(C)CC(C)C1. The number of ketones is 1. The van der Waals surface area contributed by atoms with Gasteiger partial charge in [0.25, 0.3) is 0 Å². The molecule has 0 saturated heterocycles. The summed E-state index contributed by atoms with van der Waals surface area (Å²) >= 11 is 3.37. The van der Waals surface area contributed by atoms with Crippen LogP contribution in [0.2, 0.25) is 0 Å². The Morgan fingerprint density at radius 1 is 1.25 bits per heavy atom. The molecule has 3 nitrogen and oxygen atoms in total. The number of nitrogen functional groups attached to an aromatic ring is 1. The molecule has 0 bridgehead atoms. The number of carbonyl (C=O) groups is 1. The van der Waals surface area contributed by atoms with Crippen molar-refractivity contribution in [1.82, 2.24) is 0 Å². The topological polar surface area (TPSA) is 52.3 Å². The van der Waals surface area contributed by atoms with Gasteiger partial charge < -0.3 is 10.5 Å². The van der Waals surface area contributed by atoms with E-state index in [1.807, 2.05) is 0 Å². The number of carbonyl (C=O) groups excluding carboxylic acids is 1. The highest BCUT2D eigenvalue weighted by Gasteiger charge is 2.27. The van der Waals surface area contributed by atoms with Gasteiger partial charge in [0.2, 0.25) is 0 Å². The maximum absolute atomic E-state index is 11.8. The van der Waals surface area contributed by atoms with Crippen molar-refractivity contribution in [2.24, 2.45) is 11.8 Å². The summed E-state index contributed by atoms with van der Waals surface area (Å²) in [6, 6.07) is 3.57. The predicted octanol–water partition coefficient (Wildman–Crippen LogP) is 4.44. The molecule has 0 heterocycles. The summed E-state index contributed by atoms with van der Waals surface area (Å²) < 4.78 is 6.91. The van der Waals surface area contributed by atoms with Crippen LogP contribution >= 0.6 is 15.9 Å². The lowest BCUT2D eigenvalue weighted by molar-refractivity contribution is 0.0945. The highest BCUT2D eigenvalue weighted by atomic mass is 79.9. The Hall–Kier alpha value is -1.03. The number of ether oxygens (including phenoxy) is 1. The third kappa shape index (κ3) is 3.54. The van der Waals surface area contributed by atoms with E-state index < -0.39 is 0 Å². The van der Waals surface area contributed by atoms with E-state index in [2.05, 4.69) is 29.8 Å². The standard InChI is InChI=1S/C16H22BrNO2/c1-9-4-10(2)6-13(5-9)20-16-14(11(3)19)7-12(17)8-15(16)18/h7-10,13H,4-6,18H2,1-3H3. The Bertz CT molecular complexity index is 505. The van der Waals surface area contributed by atoms with Gasteiger partial charge in [0.05, 0.1) is 17.4 Å². The van der Waals surface area contributed by atoms with Crippen LogP contribution in [0.25, 0.3) is 0 Å². The second-order valence-corrected chi connectivity index (χ2v) is 7.00. The lowest BCUT2D eigenvalue weighted by atomic mass is 9.82. The van der Waals surface area contributed by atoms with Crippen LogP contribution < -0.4 is 10.5 Å². The predicted molar refractivity (Wildman–Crippen MR) is 85.2 cm³/mol. The molecular weight excluding hydrogens is 318 g/mol. The van der Waals surface area contributed by atoms with E-state index in [1.54, 1.807) is 19.1 Å². The molecule has 1 fully saturated rings. The zero-order valence-corrected chi connectivity index (χ0v) is 13.9. The monoisotopic (exact) mass is 339 g/mol. The molecule has 1 saturated carbocycles. The van der Waals surface area contributed by atoms with E-state index in [4.69, 9.17) is 10.5 Å². The van der Waals surface area contributed by atoms with Crippen LogP contribution in [-0.4, -0.2) is 11.9 Å². The normalized spacial score (nSPS) is 26.3. The maximum atomic E-state index is 11.8. The molecule has 2 atom stereocenters. The number of halogens is 1. The molecule has 1 aliphatic carbocycles. The number of anilines is 1. The van der Waals surface area contributed by atoms with E-state index in [1.165, 1.54) is 6.42 Å². The van der Waals surface area contributed by atoms with E-state index >= 15 is 0 Å². The van der Waals surface area contributed by atoms with Crippen molar-refractivity contribution in [3.63, 3.8) is 0 Å². The number of hydrogen-bond acceptors (Lipinski definition) is 3. The first kappa shape index (κ1) is 15.4. The highest BCUT2D eigenvalue weighted by Crippen LogP contribution is 2.36. The number of hydrogen-bond donors (Lipinski definition) is 1. The zero-order valence-electron chi connectivity index (χ0n) is 12.3. The summed E-state index contributed by atoms with van der Waals surface area (Å²) in [5, 5.41) is 0. The molecule has 0 aliphatic heterocycles. The van der Waals surface area contributed by atoms with Gasteiger partial charge in [-0.2, -0.15) is 0 Å². The van der Waals surface area contributed by atoms with Gasteiger partial charge >= 0.3 is 0 Å². The lowest BCUT2D eigenvalue weighted by Gasteiger charge is -2.32. The average Bonchev–Trinajstić information content (AvgIpc) is 2.30. The summed E-state index contributed by atoms with van der Waals surface area (Å²) in [6.45, 7) is 6.05. The van der Waals surface area contributed by atoms with Crippen LogP contribution in [0.5, 0.6) is 5.75 Å². The first-order valence-electron chi connectivity index (χ1n) is 7.13. The molecule has 2 N–H and O–H groups in total. The van der Waals surface area contributed by atoms with Gasteiger partial charge in [-0.1, -0.05) is 29.8 Å². The van der Waals surface area contributed by atoms with Gasteiger partial charge in [-0.15, -0.1) is 0 Å². The fourth-order valence-corrected chi connectivity index (χ4v) is 3.62. The smallest absolute Gasteiger partial charge is 0.163 e. The fraction of sp³-hybridized carbons (Fsp3) is 0.562. The molecule has 2 rings (SSSR count). The van der Waals surface area contributed by atoms with Gasteiger partial charge in [-0.3, -0.25) is 4.79 Å². The van der Waals surface area contributed by atoms with Gasteiger partial charge in [-0.25, -0.2) is 0 Å². The van der Waals surface area contributed by atoms with Crippen molar-refractivity contribution < 1.29 is 9.53 Å². The molecule has 2 unspecified atom stereocenters. The number of Topliss-reactive ketones (excluding diaryl/α,β-unsaturated/α-hetero) is 1. The van der Waals surface area contributed by atoms with Crippen molar-refractivity contribution in [1.29, 1.82) is 0 Å². The number of nitrogens with two attached hydrogens (primary N) is 1. The summed E-state index contributed by atoms with van der Waals surface area (Å²) in [6.07, 6.45) is 3.44. The van der Waals surface area contributed by atoms with Crippen molar-refractivity contribution in [2.75, 3.05) is 5.73 Å². The minimum atomic E-state index is -0.0232. The van der Waals surface area contributed by atoms with Crippen molar-refractivity contribution in [3.05, 3.63) is 22.2 Å². The molecule has 4 heteroatoms. The third-order valence-corrected chi connectivity index (χ3v) is 4.34. The summed E-state index contributed by atoms with van der Waals surface area (Å²) in [7, 11) is 0. The molecule has 1 aliphatic rings. The second kappa shape index (κ2) is 6.17. The Kier molecular flexibility index (Phi) is 4.74. The van der Waals surface area contributed by atoms with E-state index in [0.717, 1.165) is 17.3 Å². The van der Waals surface area contributed by atoms with Gasteiger partial charge in [0.15, 0.2) is 11.5 Å². The van der Waals surface area contributed by atoms with Crippen LogP contribution in [0, 0.1) is 11.8 Å². The van der Waals surface area contributed by atoms with Gasteiger partial charge in [0.1, 0.15) is 0 Å². The average molecular weight is 340 g/mol. The van der Waals surface area contributed by atoms with Crippen LogP contribution in [0.15, 0.2) is 16.6 Å². The van der Waals surface area contributed by atoms with Crippen molar-refractivity contribution >= 4 is 27.4 Å². The van der Waals surface area contributed by atoms with E-state index in [-0.39, 0.29) is 11.9 Å². The Morgan fingerprint density at radius 3 is 2.40 bits per heavy atom. The Balaban J connectivity index is 2.26. The molecule has 1 aromatic carbocycles. The molecule has 110 valence electrons. The van der Waals surface area contributed by atoms with E-state index in [0.29, 0.717) is 28.8 Å². The Labute approximate surface area is 129 Å². The quantitative estimate of drug-likeness (QED) is 0.654. The first-order valence-corrected chi connectivity index (χ1v) is 7.92. The molecule has 1 aromatic rings. The number of benzene rings is 1. The first-order chi connectivity index (χ1) is 9.36. The summed E-state index contributed by atoms with van der Waals surface area (Å²) in [4.78, 5) is 11.8. The van der Waals surface area contributed by atoms with Crippen molar-refractivity contribution in [2.45, 2.75) is 46.1 Å². The molecular formula is C16H22BrNO2. The zero-order chi connectivity index (χ0) is 14.9. The number of rotatable bonds is 3. The Morgan fingerprint density at radius 2 is 1.85 bits per heavy atom. The summed E-state index contributed by atoms with van der Waals surface area (Å²) in [5.74, 6) is 1.83. The van der Waals surface area contributed by atoms with E-state index in [9.17, 15) is 4.79 Å². The summed E-state index contributed by atoms with van der Waals surface area (Å²) in [5.41, 5.74) is 7.12. The minimum Gasteiger partial charge on any atom is -0.487 e. The molecule has 0 amide bonds. The van der Waals surface area contributed by atoms with Crippen LogP contribution in [0.4, 0.5) is 5.69 Å². The maximum Gasteiger partial charge on any atom is 0.163 e. The largest absolute Gasteiger partial charge is 0.487 e. The van der Waals surface area contributed by atoms with Crippen molar-refractivity contribution in [3.8, 4) is 5.75 Å². The van der Waals surface area contributed by atoms with Crippen LogP contribution in [0.3, 0.4) is 0 Å². The molecule has 0 spiro atoms.